The second-order valence-corrected chi connectivity index (χ2v) is 3.05. The van der Waals surface area contributed by atoms with Gasteiger partial charge in [0.25, 0.3) is 0 Å². The van der Waals surface area contributed by atoms with Crippen molar-refractivity contribution in [2.24, 2.45) is 0 Å². The summed E-state index contributed by atoms with van der Waals surface area (Å²) < 4.78 is 10.6. The molecular weight excluding hydrogens is 162 g/mol. The molecule has 0 fully saturated rings. The first-order chi connectivity index (χ1) is 5.42. The Hall–Kier alpha value is -1.03. The predicted octanol–water partition coefficient (Wildman–Crippen LogP) is 1.52. The van der Waals surface area contributed by atoms with Crippen LogP contribution in [0.1, 0.15) is 4.88 Å². The number of hydrogen-bond acceptors (Lipinski definition) is 4. The van der Waals surface area contributed by atoms with E-state index in [1.807, 2.05) is 5.38 Å². The van der Waals surface area contributed by atoms with Crippen LogP contribution in [0.4, 0.5) is 0 Å². The number of hydrogen-bond donors (Lipinski definition) is 1. The molecule has 3 nitrogen and oxygen atoms in total. The summed E-state index contributed by atoms with van der Waals surface area (Å²) in [6.07, 6.45) is 1.29. The van der Waals surface area contributed by atoms with Crippen molar-refractivity contribution < 1.29 is 9.47 Å². The van der Waals surface area contributed by atoms with Gasteiger partial charge in [-0.3, -0.25) is 0 Å². The quantitative estimate of drug-likeness (QED) is 0.647. The first kappa shape index (κ1) is 6.67. The molecule has 58 valence electrons. The lowest BCUT2D eigenvalue weighted by Crippen LogP contribution is -2.14. The molecule has 0 radical (unpaired) electrons. The van der Waals surface area contributed by atoms with Gasteiger partial charge < -0.3 is 14.9 Å². The molecule has 4 heteroatoms. The van der Waals surface area contributed by atoms with Crippen molar-refractivity contribution in [3.8, 4) is 11.5 Å². The molecule has 0 amide bonds. The van der Waals surface area contributed by atoms with E-state index in [2.05, 4.69) is 0 Å². The maximum atomic E-state index is 7.05. The summed E-state index contributed by atoms with van der Waals surface area (Å²) in [5.74, 6) is 1.51. The topological polar surface area (TPSA) is 42.3 Å². The average Bonchev–Trinajstić information content (AvgIpc) is 2.47. The third kappa shape index (κ3) is 0.991. The largest absolute Gasteiger partial charge is 0.485 e. The van der Waals surface area contributed by atoms with Gasteiger partial charge in [-0.2, -0.15) is 0 Å². The van der Waals surface area contributed by atoms with Gasteiger partial charge in [-0.25, -0.2) is 0 Å². The normalized spacial score (nSPS) is 14.5. The molecule has 0 bridgehead atoms. The van der Waals surface area contributed by atoms with Gasteiger partial charge in [0.15, 0.2) is 11.5 Å². The van der Waals surface area contributed by atoms with Gasteiger partial charge in [-0.05, 0) is 0 Å². The van der Waals surface area contributed by atoms with Crippen molar-refractivity contribution in [1.82, 2.24) is 0 Å². The molecule has 1 aromatic rings. The average molecular weight is 169 g/mol. The Morgan fingerprint density at radius 3 is 3.09 bits per heavy atom. The Morgan fingerprint density at radius 2 is 2.27 bits per heavy atom. The van der Waals surface area contributed by atoms with Gasteiger partial charge in [0.05, 0.1) is 4.88 Å². The summed E-state index contributed by atoms with van der Waals surface area (Å²) in [6, 6.07) is 0. The molecular formula is C7H7NO2S. The van der Waals surface area contributed by atoms with Crippen LogP contribution in [0.25, 0.3) is 0 Å². The molecule has 0 saturated carbocycles. The monoisotopic (exact) mass is 169 g/mol. The van der Waals surface area contributed by atoms with E-state index in [-0.39, 0.29) is 0 Å². The zero-order valence-electron chi connectivity index (χ0n) is 5.79. The highest BCUT2D eigenvalue weighted by Gasteiger charge is 2.16. The fraction of sp³-hybridized carbons (Fsp3) is 0.286. The van der Waals surface area contributed by atoms with Gasteiger partial charge in [0.2, 0.25) is 0 Å². The molecule has 0 spiro atoms. The molecule has 0 aliphatic carbocycles. The van der Waals surface area contributed by atoms with Gasteiger partial charge >= 0.3 is 0 Å². The summed E-state index contributed by atoms with van der Waals surface area (Å²) >= 11 is 1.47. The van der Waals surface area contributed by atoms with E-state index in [0.717, 1.165) is 16.4 Å². The summed E-state index contributed by atoms with van der Waals surface area (Å²) in [5.41, 5.74) is 0. The fourth-order valence-electron chi connectivity index (χ4n) is 0.982. The summed E-state index contributed by atoms with van der Waals surface area (Å²) in [5, 5.41) is 8.92. The number of rotatable bonds is 1. The van der Waals surface area contributed by atoms with Crippen molar-refractivity contribution in [2.75, 3.05) is 13.2 Å². The Bertz CT molecular complexity index is 282. The second kappa shape index (κ2) is 2.54. The maximum absolute atomic E-state index is 7.05. The molecule has 0 unspecified atom stereocenters. The molecule has 1 N–H and O–H groups in total. The maximum Gasteiger partial charge on any atom is 0.180 e. The van der Waals surface area contributed by atoms with E-state index in [4.69, 9.17) is 14.9 Å². The minimum absolute atomic E-state index is 0.588. The SMILES string of the molecule is N=Cc1scc2c1OCCO2. The second-order valence-electron chi connectivity index (χ2n) is 2.13. The molecule has 1 aliphatic rings. The van der Waals surface area contributed by atoms with Crippen LogP contribution in [-0.2, 0) is 0 Å². The van der Waals surface area contributed by atoms with Crippen molar-refractivity contribution >= 4 is 17.6 Å². The van der Waals surface area contributed by atoms with Crippen LogP contribution >= 0.6 is 11.3 Å². The highest BCUT2D eigenvalue weighted by atomic mass is 32.1. The van der Waals surface area contributed by atoms with Crippen LogP contribution in [-0.4, -0.2) is 19.4 Å². The lowest BCUT2D eigenvalue weighted by atomic mass is 10.4. The van der Waals surface area contributed by atoms with E-state index >= 15 is 0 Å². The Kier molecular flexibility index (Phi) is 1.54. The Balaban J connectivity index is 2.45. The van der Waals surface area contributed by atoms with E-state index < -0.39 is 0 Å². The number of ether oxygens (including phenoxy) is 2. The fourth-order valence-corrected chi connectivity index (χ4v) is 1.73. The van der Waals surface area contributed by atoms with Crippen LogP contribution in [0.15, 0.2) is 5.38 Å². The molecule has 2 rings (SSSR count). The third-order valence-corrected chi connectivity index (χ3v) is 2.35. The molecule has 1 aliphatic heterocycles. The minimum Gasteiger partial charge on any atom is -0.485 e. The lowest BCUT2D eigenvalue weighted by Gasteiger charge is -2.14. The van der Waals surface area contributed by atoms with Crippen LogP contribution in [0.3, 0.4) is 0 Å². The summed E-state index contributed by atoms with van der Waals surface area (Å²) in [4.78, 5) is 0.833. The third-order valence-electron chi connectivity index (χ3n) is 1.46. The van der Waals surface area contributed by atoms with Crippen molar-refractivity contribution in [1.29, 1.82) is 5.41 Å². The van der Waals surface area contributed by atoms with Gasteiger partial charge in [-0.15, -0.1) is 11.3 Å². The van der Waals surface area contributed by atoms with Gasteiger partial charge in [0, 0.05) is 11.6 Å². The highest BCUT2D eigenvalue weighted by molar-refractivity contribution is 7.12. The standard InChI is InChI=1S/C7H7NO2S/c8-3-6-7-5(4-11-6)9-1-2-10-7/h3-4,8H,1-2H2. The van der Waals surface area contributed by atoms with Crippen LogP contribution in [0, 0.1) is 5.41 Å². The van der Waals surface area contributed by atoms with Crippen LogP contribution in [0.5, 0.6) is 11.5 Å². The molecule has 11 heavy (non-hydrogen) atoms. The predicted molar refractivity (Wildman–Crippen MR) is 43.2 cm³/mol. The summed E-state index contributed by atoms with van der Waals surface area (Å²) in [6.45, 7) is 1.20. The zero-order valence-corrected chi connectivity index (χ0v) is 6.61. The number of thiophene rings is 1. The molecule has 0 atom stereocenters. The van der Waals surface area contributed by atoms with E-state index in [9.17, 15) is 0 Å². The van der Waals surface area contributed by atoms with Gasteiger partial charge in [0.1, 0.15) is 13.2 Å². The molecule has 0 saturated heterocycles. The molecule has 1 aromatic heterocycles. The minimum atomic E-state index is 0.588. The van der Waals surface area contributed by atoms with E-state index in [1.54, 1.807) is 0 Å². The lowest BCUT2D eigenvalue weighted by molar-refractivity contribution is 0.173. The highest BCUT2D eigenvalue weighted by Crippen LogP contribution is 2.37. The summed E-state index contributed by atoms with van der Waals surface area (Å²) in [7, 11) is 0. The van der Waals surface area contributed by atoms with Crippen LogP contribution in [0.2, 0.25) is 0 Å². The number of fused-ring (bicyclic) bond motifs is 1. The molecule has 0 aromatic carbocycles. The molecule has 2 heterocycles. The number of nitrogens with one attached hydrogen (secondary N) is 1. The van der Waals surface area contributed by atoms with Crippen LogP contribution < -0.4 is 9.47 Å². The van der Waals surface area contributed by atoms with Crippen molar-refractivity contribution in [3.63, 3.8) is 0 Å². The Morgan fingerprint density at radius 1 is 1.45 bits per heavy atom. The van der Waals surface area contributed by atoms with Crippen molar-refractivity contribution in [2.45, 2.75) is 0 Å². The van der Waals surface area contributed by atoms with Gasteiger partial charge in [-0.1, -0.05) is 0 Å². The Labute approximate surface area is 68.1 Å². The van der Waals surface area contributed by atoms with Crippen molar-refractivity contribution in [3.05, 3.63) is 10.3 Å². The first-order valence-corrected chi connectivity index (χ1v) is 4.17. The first-order valence-electron chi connectivity index (χ1n) is 3.29. The zero-order chi connectivity index (χ0) is 7.68. The smallest absolute Gasteiger partial charge is 0.180 e. The van der Waals surface area contributed by atoms with E-state index in [0.29, 0.717) is 13.2 Å². The van der Waals surface area contributed by atoms with E-state index in [1.165, 1.54) is 17.6 Å².